The van der Waals surface area contributed by atoms with E-state index in [1.165, 1.54) is 21.6 Å². The van der Waals surface area contributed by atoms with Gasteiger partial charge in [-0.15, -0.1) is 11.3 Å². The van der Waals surface area contributed by atoms with Crippen LogP contribution in [0, 0.1) is 0 Å². The number of hydrogen-bond donors (Lipinski definition) is 0. The van der Waals surface area contributed by atoms with Gasteiger partial charge in [0, 0.05) is 15.4 Å². The van der Waals surface area contributed by atoms with Gasteiger partial charge in [-0.1, -0.05) is 57.3 Å². The topological polar surface area (TPSA) is 0 Å². The van der Waals surface area contributed by atoms with Crippen molar-refractivity contribution in [3.63, 3.8) is 0 Å². The van der Waals surface area contributed by atoms with Gasteiger partial charge in [0.2, 0.25) is 0 Å². The number of fused-ring (bicyclic) bond motifs is 1. The Morgan fingerprint density at radius 2 is 2.08 bits per heavy atom. The molecule has 4 heteroatoms. The first kappa shape index (κ1) is 9.78. The summed E-state index contributed by atoms with van der Waals surface area (Å²) in [7, 11) is 0. The standard InChI is InChI=1S/C9H5BrCl2S/c10-4-5-2-1-3-6-7(11)9(12)13-8(5)6/h1-3H,4H2. The first-order valence-electron chi connectivity index (χ1n) is 3.65. The summed E-state index contributed by atoms with van der Waals surface area (Å²) in [5.41, 5.74) is 1.23. The highest BCUT2D eigenvalue weighted by atomic mass is 79.9. The zero-order valence-corrected chi connectivity index (χ0v) is 10.4. The second kappa shape index (κ2) is 3.77. The highest BCUT2D eigenvalue weighted by molar-refractivity contribution is 9.08. The van der Waals surface area contributed by atoms with Crippen LogP contribution in [0.1, 0.15) is 5.56 Å². The molecule has 0 aliphatic carbocycles. The number of thiophene rings is 1. The van der Waals surface area contributed by atoms with E-state index < -0.39 is 0 Å². The molecule has 0 unspecified atom stereocenters. The average molecular weight is 296 g/mol. The summed E-state index contributed by atoms with van der Waals surface area (Å²) in [6, 6.07) is 6.06. The van der Waals surface area contributed by atoms with Gasteiger partial charge in [0.05, 0.1) is 5.02 Å². The normalized spacial score (nSPS) is 11.0. The van der Waals surface area contributed by atoms with Gasteiger partial charge in [-0.05, 0) is 5.56 Å². The van der Waals surface area contributed by atoms with E-state index in [0.717, 1.165) is 10.7 Å². The minimum atomic E-state index is 0.671. The first-order valence-corrected chi connectivity index (χ1v) is 6.34. The Kier molecular flexibility index (Phi) is 2.84. The molecule has 2 rings (SSSR count). The second-order valence-corrected chi connectivity index (χ2v) is 5.18. The Balaban J connectivity index is 2.84. The van der Waals surface area contributed by atoms with E-state index in [4.69, 9.17) is 23.2 Å². The predicted molar refractivity (Wildman–Crippen MR) is 64.5 cm³/mol. The monoisotopic (exact) mass is 294 g/mol. The van der Waals surface area contributed by atoms with Crippen molar-refractivity contribution in [3.05, 3.63) is 33.1 Å². The Bertz CT molecular complexity index is 450. The first-order chi connectivity index (χ1) is 6.24. The van der Waals surface area contributed by atoms with Gasteiger partial charge >= 0.3 is 0 Å². The molecule has 0 nitrogen and oxygen atoms in total. The molecule has 0 bridgehead atoms. The van der Waals surface area contributed by atoms with E-state index in [0.29, 0.717) is 9.36 Å². The van der Waals surface area contributed by atoms with Crippen LogP contribution in [0.3, 0.4) is 0 Å². The Labute approximate surface area is 98.6 Å². The SMILES string of the molecule is Clc1sc2c(CBr)cccc2c1Cl. The molecule has 2 aromatic rings. The molecule has 1 aromatic carbocycles. The van der Waals surface area contributed by atoms with E-state index in [-0.39, 0.29) is 0 Å². The maximum Gasteiger partial charge on any atom is 0.113 e. The minimum Gasteiger partial charge on any atom is -0.121 e. The van der Waals surface area contributed by atoms with E-state index in [2.05, 4.69) is 22.0 Å². The molecule has 0 saturated heterocycles. The van der Waals surface area contributed by atoms with Gasteiger partial charge < -0.3 is 0 Å². The summed E-state index contributed by atoms with van der Waals surface area (Å²) in [5, 5.41) is 2.55. The fraction of sp³-hybridized carbons (Fsp3) is 0.111. The zero-order valence-electron chi connectivity index (χ0n) is 6.48. The van der Waals surface area contributed by atoms with Crippen LogP contribution in [0.2, 0.25) is 9.36 Å². The van der Waals surface area contributed by atoms with Crippen molar-refractivity contribution in [2.24, 2.45) is 0 Å². The molecule has 0 amide bonds. The molecule has 13 heavy (non-hydrogen) atoms. The molecule has 0 saturated carbocycles. The molecule has 0 N–H and O–H groups in total. The van der Waals surface area contributed by atoms with Crippen LogP contribution < -0.4 is 0 Å². The Morgan fingerprint density at radius 1 is 1.31 bits per heavy atom. The van der Waals surface area contributed by atoms with Gasteiger partial charge in [0.15, 0.2) is 0 Å². The lowest BCUT2D eigenvalue weighted by atomic mass is 10.2. The third-order valence-electron chi connectivity index (χ3n) is 1.84. The van der Waals surface area contributed by atoms with E-state index in [9.17, 15) is 0 Å². The van der Waals surface area contributed by atoms with Crippen LogP contribution >= 0.6 is 50.5 Å². The number of alkyl halides is 1. The molecule has 0 atom stereocenters. The van der Waals surface area contributed by atoms with E-state index >= 15 is 0 Å². The molecule has 0 radical (unpaired) electrons. The molecule has 0 aliphatic rings. The van der Waals surface area contributed by atoms with Crippen LogP contribution in [0.4, 0.5) is 0 Å². The summed E-state index contributed by atoms with van der Waals surface area (Å²) < 4.78 is 1.85. The number of halogens is 3. The quantitative estimate of drug-likeness (QED) is 0.642. The molecule has 0 spiro atoms. The molecule has 0 aliphatic heterocycles. The highest BCUT2D eigenvalue weighted by Gasteiger charge is 2.10. The van der Waals surface area contributed by atoms with Gasteiger partial charge in [-0.3, -0.25) is 0 Å². The number of benzene rings is 1. The maximum atomic E-state index is 6.03. The predicted octanol–water partition coefficient (Wildman–Crippen LogP) is 5.10. The summed E-state index contributed by atoms with van der Waals surface area (Å²) in [6.07, 6.45) is 0. The van der Waals surface area contributed by atoms with Crippen molar-refractivity contribution < 1.29 is 0 Å². The Hall–Kier alpha value is 0.240. The minimum absolute atomic E-state index is 0.671. The fourth-order valence-corrected chi connectivity index (χ4v) is 3.47. The second-order valence-electron chi connectivity index (χ2n) is 2.62. The number of rotatable bonds is 1. The highest BCUT2D eigenvalue weighted by Crippen LogP contribution is 2.40. The molecule has 1 heterocycles. The van der Waals surface area contributed by atoms with Crippen molar-refractivity contribution in [1.29, 1.82) is 0 Å². The van der Waals surface area contributed by atoms with Gasteiger partial charge in [0.25, 0.3) is 0 Å². The lowest BCUT2D eigenvalue weighted by Crippen LogP contribution is -1.75. The van der Waals surface area contributed by atoms with Crippen molar-refractivity contribution >= 4 is 60.6 Å². The largest absolute Gasteiger partial charge is 0.121 e. The molecular weight excluding hydrogens is 291 g/mol. The molecule has 1 aromatic heterocycles. The lowest BCUT2D eigenvalue weighted by Gasteiger charge is -1.96. The Morgan fingerprint density at radius 3 is 2.77 bits per heavy atom. The average Bonchev–Trinajstić information content (AvgIpc) is 2.43. The summed E-state index contributed by atoms with van der Waals surface area (Å²) in [4.78, 5) is 0. The van der Waals surface area contributed by atoms with Crippen LogP contribution in [0.15, 0.2) is 18.2 Å². The van der Waals surface area contributed by atoms with E-state index in [1.807, 2.05) is 12.1 Å². The van der Waals surface area contributed by atoms with E-state index in [1.54, 1.807) is 0 Å². The third kappa shape index (κ3) is 1.61. The molecule has 68 valence electrons. The third-order valence-corrected chi connectivity index (χ3v) is 4.54. The summed E-state index contributed by atoms with van der Waals surface area (Å²) in [5.74, 6) is 0. The van der Waals surface area contributed by atoms with Crippen LogP contribution in [0.5, 0.6) is 0 Å². The van der Waals surface area contributed by atoms with Crippen LogP contribution in [-0.2, 0) is 5.33 Å². The smallest absolute Gasteiger partial charge is 0.113 e. The fourth-order valence-electron chi connectivity index (χ4n) is 1.22. The summed E-state index contributed by atoms with van der Waals surface area (Å²) >= 11 is 17.0. The van der Waals surface area contributed by atoms with Crippen molar-refractivity contribution in [1.82, 2.24) is 0 Å². The molecule has 0 fully saturated rings. The van der Waals surface area contributed by atoms with Crippen molar-refractivity contribution in [2.75, 3.05) is 0 Å². The summed E-state index contributed by atoms with van der Waals surface area (Å²) in [6.45, 7) is 0. The maximum absolute atomic E-state index is 6.03. The lowest BCUT2D eigenvalue weighted by molar-refractivity contribution is 1.51. The van der Waals surface area contributed by atoms with Crippen LogP contribution in [0.25, 0.3) is 10.1 Å². The van der Waals surface area contributed by atoms with Gasteiger partial charge in [0.1, 0.15) is 4.34 Å². The van der Waals surface area contributed by atoms with Crippen molar-refractivity contribution in [2.45, 2.75) is 5.33 Å². The van der Waals surface area contributed by atoms with Gasteiger partial charge in [-0.25, -0.2) is 0 Å². The molecular formula is C9H5BrCl2S. The van der Waals surface area contributed by atoms with Crippen LogP contribution in [-0.4, -0.2) is 0 Å². The zero-order chi connectivity index (χ0) is 9.42. The number of hydrogen-bond acceptors (Lipinski definition) is 1. The van der Waals surface area contributed by atoms with Gasteiger partial charge in [-0.2, -0.15) is 0 Å². The van der Waals surface area contributed by atoms with Crippen molar-refractivity contribution in [3.8, 4) is 0 Å².